The fraction of sp³-hybridized carbons (Fsp3) is 0.231. The third-order valence-corrected chi connectivity index (χ3v) is 3.11. The number of rotatable bonds is 2. The average molecular weight is 279 g/mol. The minimum atomic E-state index is -0.183. The Bertz CT molecular complexity index is 636. The fourth-order valence-electron chi connectivity index (χ4n) is 1.90. The number of carbonyl (C=O) groups excluding carboxylic acids is 1. The van der Waals surface area contributed by atoms with E-state index < -0.39 is 0 Å². The summed E-state index contributed by atoms with van der Waals surface area (Å²) in [7, 11) is 3.39. The highest BCUT2D eigenvalue weighted by molar-refractivity contribution is 6.31. The van der Waals surface area contributed by atoms with Gasteiger partial charge in [0, 0.05) is 19.1 Å². The quantitative estimate of drug-likeness (QED) is 0.857. The minimum Gasteiger partial charge on any atom is -0.397 e. The minimum absolute atomic E-state index is 0.183. The maximum Gasteiger partial charge on any atom is 0.276 e. The molecule has 0 aliphatic heterocycles. The summed E-state index contributed by atoms with van der Waals surface area (Å²) in [5.74, 6) is -0.183. The van der Waals surface area contributed by atoms with Crippen LogP contribution in [0.15, 0.2) is 24.3 Å². The van der Waals surface area contributed by atoms with Crippen molar-refractivity contribution in [2.45, 2.75) is 6.92 Å². The average Bonchev–Trinajstić information content (AvgIpc) is 2.69. The number of hydrogen-bond donors (Lipinski definition) is 1. The van der Waals surface area contributed by atoms with Gasteiger partial charge in [0.2, 0.25) is 0 Å². The van der Waals surface area contributed by atoms with Crippen molar-refractivity contribution in [3.05, 3.63) is 40.7 Å². The molecule has 0 aliphatic carbocycles. The second-order valence-electron chi connectivity index (χ2n) is 4.36. The van der Waals surface area contributed by atoms with Crippen LogP contribution >= 0.6 is 11.6 Å². The summed E-state index contributed by atoms with van der Waals surface area (Å²) >= 11 is 5.94. The molecule has 19 heavy (non-hydrogen) atoms. The molecule has 1 aromatic heterocycles. The molecule has 0 spiro atoms. The van der Waals surface area contributed by atoms with Crippen molar-refractivity contribution in [3.63, 3.8) is 0 Å². The van der Waals surface area contributed by atoms with Crippen LogP contribution in [0.3, 0.4) is 0 Å². The Labute approximate surface area is 116 Å². The zero-order chi connectivity index (χ0) is 14.2. The summed E-state index contributed by atoms with van der Waals surface area (Å²) in [4.78, 5) is 13.9. The number of benzene rings is 1. The van der Waals surface area contributed by atoms with Crippen LogP contribution in [0.2, 0.25) is 5.02 Å². The topological polar surface area (TPSA) is 64.2 Å². The highest BCUT2D eigenvalue weighted by Crippen LogP contribution is 2.27. The van der Waals surface area contributed by atoms with E-state index in [1.54, 1.807) is 43.0 Å². The molecule has 0 aliphatic rings. The van der Waals surface area contributed by atoms with Gasteiger partial charge >= 0.3 is 0 Å². The van der Waals surface area contributed by atoms with Gasteiger partial charge in [-0.15, -0.1) is 0 Å². The third-order valence-electron chi connectivity index (χ3n) is 2.88. The van der Waals surface area contributed by atoms with E-state index in [1.807, 2.05) is 6.92 Å². The van der Waals surface area contributed by atoms with Crippen LogP contribution in [0.1, 0.15) is 16.2 Å². The lowest BCUT2D eigenvalue weighted by Gasteiger charge is -2.19. The van der Waals surface area contributed by atoms with E-state index in [9.17, 15) is 4.79 Å². The van der Waals surface area contributed by atoms with Crippen molar-refractivity contribution in [2.24, 2.45) is 7.05 Å². The van der Waals surface area contributed by atoms with E-state index in [4.69, 9.17) is 17.3 Å². The molecule has 0 unspecified atom stereocenters. The summed E-state index contributed by atoms with van der Waals surface area (Å²) in [5.41, 5.74) is 8.24. The van der Waals surface area contributed by atoms with Crippen LogP contribution in [-0.4, -0.2) is 22.7 Å². The molecule has 100 valence electrons. The van der Waals surface area contributed by atoms with Crippen LogP contribution in [0.5, 0.6) is 0 Å². The number of hydrogen-bond acceptors (Lipinski definition) is 3. The lowest BCUT2D eigenvalue weighted by molar-refractivity contribution is 0.0984. The molecule has 2 rings (SSSR count). The molecule has 2 aromatic rings. The molecule has 1 amide bonds. The molecule has 1 heterocycles. The Hall–Kier alpha value is -2.01. The number of nitrogens with zero attached hydrogens (tertiary/aromatic N) is 3. The van der Waals surface area contributed by atoms with Gasteiger partial charge in [-0.05, 0) is 31.2 Å². The summed E-state index contributed by atoms with van der Waals surface area (Å²) in [6, 6.07) is 6.76. The highest BCUT2D eigenvalue weighted by Gasteiger charge is 2.19. The lowest BCUT2D eigenvalue weighted by Crippen LogP contribution is -2.28. The molecular formula is C13H15ClN4O. The van der Waals surface area contributed by atoms with Crippen molar-refractivity contribution in [1.29, 1.82) is 0 Å². The normalized spacial score (nSPS) is 10.5. The standard InChI is InChI=1S/C13H15ClN4O/c1-8-6-12(18(3)16-8)13(19)17(2)11-7-9(14)4-5-10(11)15/h4-7H,15H2,1-3H3. The first-order chi connectivity index (χ1) is 8.90. The number of aromatic nitrogens is 2. The summed E-state index contributed by atoms with van der Waals surface area (Å²) in [5, 5.41) is 4.69. The van der Waals surface area contributed by atoms with Crippen molar-refractivity contribution >= 4 is 28.9 Å². The van der Waals surface area contributed by atoms with Crippen LogP contribution < -0.4 is 10.6 Å². The first-order valence-corrected chi connectivity index (χ1v) is 6.11. The summed E-state index contributed by atoms with van der Waals surface area (Å²) < 4.78 is 1.55. The molecule has 0 atom stereocenters. The van der Waals surface area contributed by atoms with E-state index in [0.717, 1.165) is 5.69 Å². The number of anilines is 2. The van der Waals surface area contributed by atoms with Gasteiger partial charge in [-0.3, -0.25) is 9.48 Å². The maximum absolute atomic E-state index is 12.4. The van der Waals surface area contributed by atoms with Gasteiger partial charge < -0.3 is 10.6 Å². The number of nitrogens with two attached hydrogens (primary N) is 1. The Balaban J connectivity index is 2.39. The maximum atomic E-state index is 12.4. The first kappa shape index (κ1) is 13.4. The van der Waals surface area contributed by atoms with Crippen LogP contribution in [0, 0.1) is 6.92 Å². The second kappa shape index (κ2) is 4.93. The Morgan fingerprint density at radius 2 is 2.11 bits per heavy atom. The lowest BCUT2D eigenvalue weighted by atomic mass is 10.2. The van der Waals surface area contributed by atoms with E-state index in [2.05, 4.69) is 5.10 Å². The monoisotopic (exact) mass is 278 g/mol. The number of carbonyl (C=O) groups is 1. The van der Waals surface area contributed by atoms with E-state index in [1.165, 1.54) is 4.90 Å². The highest BCUT2D eigenvalue weighted by atomic mass is 35.5. The molecule has 5 nitrogen and oxygen atoms in total. The van der Waals surface area contributed by atoms with Gasteiger partial charge in [0.15, 0.2) is 0 Å². The summed E-state index contributed by atoms with van der Waals surface area (Å²) in [6.07, 6.45) is 0. The van der Waals surface area contributed by atoms with Crippen molar-refractivity contribution in [1.82, 2.24) is 9.78 Å². The van der Waals surface area contributed by atoms with Gasteiger partial charge in [-0.25, -0.2) is 0 Å². The van der Waals surface area contributed by atoms with E-state index >= 15 is 0 Å². The van der Waals surface area contributed by atoms with Crippen LogP contribution in [-0.2, 0) is 7.05 Å². The molecule has 2 N–H and O–H groups in total. The van der Waals surface area contributed by atoms with Crippen molar-refractivity contribution < 1.29 is 4.79 Å². The molecule has 0 fully saturated rings. The van der Waals surface area contributed by atoms with E-state index in [-0.39, 0.29) is 5.91 Å². The van der Waals surface area contributed by atoms with E-state index in [0.29, 0.717) is 22.1 Å². The molecule has 0 radical (unpaired) electrons. The zero-order valence-electron chi connectivity index (χ0n) is 11.0. The Morgan fingerprint density at radius 1 is 1.42 bits per heavy atom. The zero-order valence-corrected chi connectivity index (χ0v) is 11.8. The molecule has 0 saturated heterocycles. The molecule has 0 bridgehead atoms. The van der Waals surface area contributed by atoms with Gasteiger partial charge in [0.25, 0.3) is 5.91 Å². The molecular weight excluding hydrogens is 264 g/mol. The van der Waals surface area contributed by atoms with Gasteiger partial charge in [-0.2, -0.15) is 5.10 Å². The van der Waals surface area contributed by atoms with Gasteiger partial charge in [0.05, 0.1) is 17.1 Å². The number of nitrogen functional groups attached to an aromatic ring is 1. The van der Waals surface area contributed by atoms with Crippen molar-refractivity contribution in [3.8, 4) is 0 Å². The van der Waals surface area contributed by atoms with Crippen LogP contribution in [0.4, 0.5) is 11.4 Å². The summed E-state index contributed by atoms with van der Waals surface area (Å²) in [6.45, 7) is 1.84. The predicted molar refractivity (Wildman–Crippen MR) is 76.5 cm³/mol. The largest absolute Gasteiger partial charge is 0.397 e. The number of halogens is 1. The van der Waals surface area contributed by atoms with Gasteiger partial charge in [0.1, 0.15) is 5.69 Å². The Morgan fingerprint density at radius 3 is 2.68 bits per heavy atom. The first-order valence-electron chi connectivity index (χ1n) is 5.74. The fourth-order valence-corrected chi connectivity index (χ4v) is 2.07. The number of aryl methyl sites for hydroxylation is 2. The smallest absolute Gasteiger partial charge is 0.276 e. The third kappa shape index (κ3) is 2.56. The molecule has 6 heteroatoms. The van der Waals surface area contributed by atoms with Crippen molar-refractivity contribution in [2.75, 3.05) is 17.7 Å². The number of amides is 1. The molecule has 0 saturated carbocycles. The SMILES string of the molecule is Cc1cc(C(=O)N(C)c2cc(Cl)ccc2N)n(C)n1. The van der Waals surface area contributed by atoms with Crippen LogP contribution in [0.25, 0.3) is 0 Å². The van der Waals surface area contributed by atoms with Gasteiger partial charge in [-0.1, -0.05) is 11.6 Å². The molecule has 1 aromatic carbocycles. The predicted octanol–water partition coefficient (Wildman–Crippen LogP) is 2.24. The second-order valence-corrected chi connectivity index (χ2v) is 4.80. The Kier molecular flexibility index (Phi) is 3.48.